The Morgan fingerprint density at radius 1 is 1.45 bits per heavy atom. The summed E-state index contributed by atoms with van der Waals surface area (Å²) in [4.78, 5) is 21.9. The van der Waals surface area contributed by atoms with Crippen molar-refractivity contribution in [3.8, 4) is 5.88 Å². The minimum Gasteiger partial charge on any atom is -0.472 e. The molecule has 0 saturated carbocycles. The minimum absolute atomic E-state index is 0.0188. The Hall–Kier alpha value is -2.37. The summed E-state index contributed by atoms with van der Waals surface area (Å²) in [6.07, 6.45) is 7.86. The lowest BCUT2D eigenvalue weighted by Gasteiger charge is -2.32. The number of piperidine rings is 1. The molecule has 0 radical (unpaired) electrons. The smallest absolute Gasteiger partial charge is 0.257 e. The van der Waals surface area contributed by atoms with Gasteiger partial charge in [0, 0.05) is 18.8 Å². The van der Waals surface area contributed by atoms with Gasteiger partial charge in [0.15, 0.2) is 0 Å². The summed E-state index contributed by atoms with van der Waals surface area (Å²) in [6, 6.07) is 3.40. The van der Waals surface area contributed by atoms with Crippen LogP contribution in [0.5, 0.6) is 5.88 Å². The largest absolute Gasteiger partial charge is 0.472 e. The molecule has 3 rings (SSSR count). The van der Waals surface area contributed by atoms with Gasteiger partial charge in [-0.1, -0.05) is 0 Å². The molecular formula is C14H15N3O3. The zero-order chi connectivity index (χ0) is 13.8. The standard InChI is InChI=1S/C14H15N3O3/c18-14(11-4-7-19-9-11)17-6-1-2-12(8-17)20-13-3-5-15-10-16-13/h3-5,7,9-10,12H,1-2,6,8H2/t12-/m1/s1. The van der Waals surface area contributed by atoms with E-state index in [0.29, 0.717) is 18.0 Å². The van der Waals surface area contributed by atoms with Gasteiger partial charge in [-0.25, -0.2) is 9.97 Å². The number of ether oxygens (including phenoxy) is 1. The Bertz CT molecular complexity index is 556. The van der Waals surface area contributed by atoms with E-state index >= 15 is 0 Å². The van der Waals surface area contributed by atoms with Crippen LogP contribution < -0.4 is 4.74 Å². The molecule has 0 aromatic carbocycles. The molecule has 3 heterocycles. The Morgan fingerprint density at radius 3 is 3.15 bits per heavy atom. The number of likely N-dealkylation sites (tertiary alicyclic amines) is 1. The second-order valence-electron chi connectivity index (χ2n) is 4.69. The van der Waals surface area contributed by atoms with E-state index in [4.69, 9.17) is 9.15 Å². The van der Waals surface area contributed by atoms with Gasteiger partial charge in [0.2, 0.25) is 5.88 Å². The Balaban J connectivity index is 1.63. The van der Waals surface area contributed by atoms with Gasteiger partial charge in [0.1, 0.15) is 18.7 Å². The fourth-order valence-electron chi connectivity index (χ4n) is 2.31. The molecule has 6 heteroatoms. The van der Waals surface area contributed by atoms with Gasteiger partial charge in [-0.2, -0.15) is 0 Å². The SMILES string of the molecule is O=C(c1ccoc1)N1CCC[C@@H](Oc2ccncn2)C1. The number of hydrogen-bond donors (Lipinski definition) is 0. The zero-order valence-corrected chi connectivity index (χ0v) is 10.9. The molecule has 1 atom stereocenters. The van der Waals surface area contributed by atoms with Crippen LogP contribution in [0.2, 0.25) is 0 Å². The molecule has 0 unspecified atom stereocenters. The zero-order valence-electron chi connectivity index (χ0n) is 10.9. The summed E-state index contributed by atoms with van der Waals surface area (Å²) in [5, 5.41) is 0. The van der Waals surface area contributed by atoms with Crippen molar-refractivity contribution in [1.29, 1.82) is 0 Å². The lowest BCUT2D eigenvalue weighted by Crippen LogP contribution is -2.44. The number of nitrogens with zero attached hydrogens (tertiary/aromatic N) is 3. The second-order valence-corrected chi connectivity index (χ2v) is 4.69. The predicted octanol–water partition coefficient (Wildman–Crippen LogP) is 1.75. The van der Waals surface area contributed by atoms with Crippen LogP contribution in [0.25, 0.3) is 0 Å². The fourth-order valence-corrected chi connectivity index (χ4v) is 2.31. The van der Waals surface area contributed by atoms with Crippen molar-refractivity contribution in [2.45, 2.75) is 18.9 Å². The molecule has 1 saturated heterocycles. The molecule has 6 nitrogen and oxygen atoms in total. The average Bonchev–Trinajstić information content (AvgIpc) is 3.02. The lowest BCUT2D eigenvalue weighted by molar-refractivity contribution is 0.0527. The summed E-state index contributed by atoms with van der Waals surface area (Å²) in [5.41, 5.74) is 0.577. The highest BCUT2D eigenvalue weighted by Gasteiger charge is 2.26. The number of hydrogen-bond acceptors (Lipinski definition) is 5. The van der Waals surface area contributed by atoms with E-state index in [-0.39, 0.29) is 12.0 Å². The molecule has 104 valence electrons. The first kappa shape index (κ1) is 12.7. The van der Waals surface area contributed by atoms with Crippen LogP contribution in [0, 0.1) is 0 Å². The van der Waals surface area contributed by atoms with Crippen LogP contribution in [0.15, 0.2) is 41.6 Å². The molecule has 0 aliphatic carbocycles. The quantitative estimate of drug-likeness (QED) is 0.852. The van der Waals surface area contributed by atoms with Crippen molar-refractivity contribution < 1.29 is 13.9 Å². The van der Waals surface area contributed by atoms with Crippen LogP contribution >= 0.6 is 0 Å². The molecule has 0 N–H and O–H groups in total. The van der Waals surface area contributed by atoms with Crippen molar-refractivity contribution in [2.24, 2.45) is 0 Å². The van der Waals surface area contributed by atoms with Crippen LogP contribution in [0.1, 0.15) is 23.2 Å². The molecule has 2 aromatic heterocycles. The Labute approximate surface area is 116 Å². The van der Waals surface area contributed by atoms with Crippen molar-refractivity contribution >= 4 is 5.91 Å². The van der Waals surface area contributed by atoms with Gasteiger partial charge in [0.05, 0.1) is 18.4 Å². The van der Waals surface area contributed by atoms with Gasteiger partial charge in [0.25, 0.3) is 5.91 Å². The lowest BCUT2D eigenvalue weighted by atomic mass is 10.1. The predicted molar refractivity (Wildman–Crippen MR) is 70.3 cm³/mol. The van der Waals surface area contributed by atoms with E-state index in [1.807, 2.05) is 0 Å². The molecular weight excluding hydrogens is 258 g/mol. The summed E-state index contributed by atoms with van der Waals surface area (Å²) < 4.78 is 10.7. The normalized spacial score (nSPS) is 18.8. The topological polar surface area (TPSA) is 68.5 Å². The molecule has 1 amide bonds. The van der Waals surface area contributed by atoms with Crippen molar-refractivity contribution in [3.63, 3.8) is 0 Å². The number of furan rings is 1. The van der Waals surface area contributed by atoms with E-state index in [2.05, 4.69) is 9.97 Å². The van der Waals surface area contributed by atoms with Gasteiger partial charge < -0.3 is 14.1 Å². The third-order valence-electron chi connectivity index (χ3n) is 3.28. The van der Waals surface area contributed by atoms with E-state index < -0.39 is 0 Å². The molecule has 2 aromatic rings. The summed E-state index contributed by atoms with van der Waals surface area (Å²) in [7, 11) is 0. The minimum atomic E-state index is -0.0329. The summed E-state index contributed by atoms with van der Waals surface area (Å²) in [5.74, 6) is 0.525. The van der Waals surface area contributed by atoms with E-state index in [1.165, 1.54) is 18.9 Å². The van der Waals surface area contributed by atoms with Crippen LogP contribution in [-0.2, 0) is 0 Å². The third kappa shape index (κ3) is 2.79. The van der Waals surface area contributed by atoms with Gasteiger partial charge in [-0.05, 0) is 18.9 Å². The van der Waals surface area contributed by atoms with Gasteiger partial charge >= 0.3 is 0 Å². The molecule has 1 fully saturated rings. The highest BCUT2D eigenvalue weighted by atomic mass is 16.5. The Kier molecular flexibility index (Phi) is 3.62. The highest BCUT2D eigenvalue weighted by Crippen LogP contribution is 2.18. The number of aromatic nitrogens is 2. The van der Waals surface area contributed by atoms with Crippen LogP contribution in [0.4, 0.5) is 0 Å². The van der Waals surface area contributed by atoms with Gasteiger partial charge in [-0.3, -0.25) is 4.79 Å². The van der Waals surface area contributed by atoms with Crippen molar-refractivity contribution in [3.05, 3.63) is 42.7 Å². The average molecular weight is 273 g/mol. The summed E-state index contributed by atoms with van der Waals surface area (Å²) >= 11 is 0. The number of carbonyl (C=O) groups is 1. The number of amides is 1. The van der Waals surface area contributed by atoms with E-state index in [1.54, 1.807) is 23.2 Å². The highest BCUT2D eigenvalue weighted by molar-refractivity contribution is 5.93. The first-order valence-corrected chi connectivity index (χ1v) is 6.57. The Morgan fingerprint density at radius 2 is 2.40 bits per heavy atom. The number of rotatable bonds is 3. The molecule has 1 aliphatic heterocycles. The first-order chi connectivity index (χ1) is 9.83. The fraction of sp³-hybridized carbons (Fsp3) is 0.357. The van der Waals surface area contributed by atoms with Crippen molar-refractivity contribution in [2.75, 3.05) is 13.1 Å². The monoisotopic (exact) mass is 273 g/mol. The maximum absolute atomic E-state index is 12.2. The maximum atomic E-state index is 12.2. The molecule has 20 heavy (non-hydrogen) atoms. The third-order valence-corrected chi connectivity index (χ3v) is 3.28. The molecule has 0 spiro atoms. The van der Waals surface area contributed by atoms with E-state index in [0.717, 1.165) is 19.4 Å². The molecule has 1 aliphatic rings. The first-order valence-electron chi connectivity index (χ1n) is 6.57. The van der Waals surface area contributed by atoms with E-state index in [9.17, 15) is 4.79 Å². The molecule has 0 bridgehead atoms. The maximum Gasteiger partial charge on any atom is 0.257 e. The van der Waals surface area contributed by atoms with Crippen LogP contribution in [0.3, 0.4) is 0 Å². The van der Waals surface area contributed by atoms with Crippen LogP contribution in [-0.4, -0.2) is 40.0 Å². The van der Waals surface area contributed by atoms with Gasteiger partial charge in [-0.15, -0.1) is 0 Å². The summed E-state index contributed by atoms with van der Waals surface area (Å²) in [6.45, 7) is 1.31. The number of carbonyl (C=O) groups excluding carboxylic acids is 1. The second kappa shape index (κ2) is 5.73. The van der Waals surface area contributed by atoms with Crippen molar-refractivity contribution in [1.82, 2.24) is 14.9 Å².